The summed E-state index contributed by atoms with van der Waals surface area (Å²) in [5, 5.41) is 11.3. The monoisotopic (exact) mass is 359 g/mol. The molecule has 0 saturated heterocycles. The molecule has 0 amide bonds. The van der Waals surface area contributed by atoms with Crippen LogP contribution in [0.15, 0.2) is 22.7 Å². The molecule has 4 nitrogen and oxygen atoms in total. The van der Waals surface area contributed by atoms with Crippen LogP contribution >= 0.6 is 27.5 Å². The molecule has 0 bridgehead atoms. The minimum absolute atomic E-state index is 0.00513. The van der Waals surface area contributed by atoms with E-state index in [0.717, 1.165) is 19.3 Å². The number of nitro groups is 1. The second-order valence-corrected chi connectivity index (χ2v) is 7.06. The van der Waals surface area contributed by atoms with Gasteiger partial charge in [0.2, 0.25) is 0 Å². The molecule has 3 rings (SSSR count). The fourth-order valence-electron chi connectivity index (χ4n) is 3.42. The number of alkyl halides is 1. The van der Waals surface area contributed by atoms with Crippen LogP contribution in [0, 0.1) is 15.5 Å². The number of benzene rings is 1. The van der Waals surface area contributed by atoms with E-state index in [4.69, 9.17) is 16.3 Å². The molecule has 0 aromatic heterocycles. The van der Waals surface area contributed by atoms with Gasteiger partial charge in [-0.15, -0.1) is 11.6 Å². The number of nitro benzene ring substituents is 1. The third-order valence-corrected chi connectivity index (χ3v) is 5.71. The van der Waals surface area contributed by atoms with Crippen molar-refractivity contribution in [1.82, 2.24) is 0 Å². The van der Waals surface area contributed by atoms with E-state index in [1.807, 2.05) is 0 Å². The molecule has 2 fully saturated rings. The van der Waals surface area contributed by atoms with E-state index in [1.54, 1.807) is 12.1 Å². The molecule has 6 heteroatoms. The number of hydrogen-bond donors (Lipinski definition) is 0. The number of ether oxygens (including phenoxy) is 1. The maximum atomic E-state index is 11.1. The molecule has 2 atom stereocenters. The van der Waals surface area contributed by atoms with Crippen LogP contribution in [0.25, 0.3) is 0 Å². The summed E-state index contributed by atoms with van der Waals surface area (Å²) < 4.78 is 6.64. The maximum absolute atomic E-state index is 11.1. The van der Waals surface area contributed by atoms with Crippen LogP contribution in [-0.2, 0) is 0 Å². The van der Waals surface area contributed by atoms with Crippen LogP contribution < -0.4 is 4.74 Å². The summed E-state index contributed by atoms with van der Waals surface area (Å²) in [6.45, 7) is 0. The number of hydrogen-bond acceptors (Lipinski definition) is 3. The first-order chi connectivity index (χ1) is 9.53. The number of halogens is 2. The highest BCUT2D eigenvalue weighted by atomic mass is 79.9. The zero-order valence-electron chi connectivity index (χ0n) is 10.9. The van der Waals surface area contributed by atoms with Crippen LogP contribution in [0.4, 0.5) is 5.69 Å². The fourth-order valence-corrected chi connectivity index (χ4v) is 4.29. The Labute approximate surface area is 130 Å². The molecule has 2 unspecified atom stereocenters. The topological polar surface area (TPSA) is 52.4 Å². The standard InChI is InChI=1S/C14H15BrClNO3/c15-9-3-4-11(10(7-9)17(18)19)20-13-8-12(16)14(13)5-1-2-6-14/h3-4,7,12-13H,1-2,5-6,8H2. The summed E-state index contributed by atoms with van der Waals surface area (Å²) >= 11 is 9.63. The summed E-state index contributed by atoms with van der Waals surface area (Å²) in [7, 11) is 0. The van der Waals surface area contributed by atoms with Crippen molar-refractivity contribution in [3.8, 4) is 5.75 Å². The van der Waals surface area contributed by atoms with Gasteiger partial charge in [-0.2, -0.15) is 0 Å². The predicted octanol–water partition coefficient (Wildman–Crippen LogP) is 4.68. The molecule has 1 spiro atoms. The summed E-state index contributed by atoms with van der Waals surface area (Å²) in [5.41, 5.74) is 0.0354. The van der Waals surface area contributed by atoms with E-state index in [1.165, 1.54) is 18.9 Å². The SMILES string of the molecule is O=[N+]([O-])c1cc(Br)ccc1OC1CC(Cl)C12CCCC2. The van der Waals surface area contributed by atoms with E-state index in [-0.39, 0.29) is 22.6 Å². The maximum Gasteiger partial charge on any atom is 0.312 e. The van der Waals surface area contributed by atoms with Crippen LogP contribution in [0.5, 0.6) is 5.75 Å². The lowest BCUT2D eigenvalue weighted by atomic mass is 9.64. The molecule has 2 saturated carbocycles. The molecular formula is C14H15BrClNO3. The van der Waals surface area contributed by atoms with Crippen LogP contribution in [-0.4, -0.2) is 16.4 Å². The lowest BCUT2D eigenvalue weighted by Crippen LogP contribution is -2.55. The van der Waals surface area contributed by atoms with Gasteiger partial charge in [0, 0.05) is 27.8 Å². The summed E-state index contributed by atoms with van der Waals surface area (Å²) in [6, 6.07) is 4.90. The first-order valence-corrected chi connectivity index (χ1v) is 8.00. The molecule has 108 valence electrons. The zero-order chi connectivity index (χ0) is 14.3. The normalized spacial score (nSPS) is 27.3. The molecule has 20 heavy (non-hydrogen) atoms. The molecule has 2 aliphatic rings. The first kappa shape index (κ1) is 14.1. The van der Waals surface area contributed by atoms with Crippen LogP contribution in [0.3, 0.4) is 0 Å². The molecule has 0 radical (unpaired) electrons. The zero-order valence-corrected chi connectivity index (χ0v) is 13.2. The van der Waals surface area contributed by atoms with Gasteiger partial charge in [-0.05, 0) is 25.0 Å². The second-order valence-electron chi connectivity index (χ2n) is 5.62. The second kappa shape index (κ2) is 5.19. The van der Waals surface area contributed by atoms with Crippen molar-refractivity contribution in [3.05, 3.63) is 32.8 Å². The van der Waals surface area contributed by atoms with Gasteiger partial charge >= 0.3 is 5.69 Å². The van der Waals surface area contributed by atoms with E-state index >= 15 is 0 Å². The Balaban J connectivity index is 1.84. The third kappa shape index (κ3) is 2.21. The average molecular weight is 361 g/mol. The number of rotatable bonds is 3. The minimum atomic E-state index is -0.405. The predicted molar refractivity (Wildman–Crippen MR) is 80.4 cm³/mol. The number of nitrogens with zero attached hydrogens (tertiary/aromatic N) is 1. The Morgan fingerprint density at radius 3 is 2.70 bits per heavy atom. The Bertz CT molecular complexity index is 545. The van der Waals surface area contributed by atoms with Crippen molar-refractivity contribution in [1.29, 1.82) is 0 Å². The van der Waals surface area contributed by atoms with Gasteiger partial charge in [0.1, 0.15) is 6.10 Å². The molecule has 1 aromatic rings. The molecule has 0 aliphatic heterocycles. The summed E-state index contributed by atoms with van der Waals surface area (Å²) in [5.74, 6) is 0.345. The first-order valence-electron chi connectivity index (χ1n) is 6.77. The van der Waals surface area contributed by atoms with E-state index in [9.17, 15) is 10.1 Å². The average Bonchev–Trinajstić information content (AvgIpc) is 2.92. The largest absolute Gasteiger partial charge is 0.483 e. The smallest absolute Gasteiger partial charge is 0.312 e. The van der Waals surface area contributed by atoms with Gasteiger partial charge in [0.25, 0.3) is 0 Å². The third-order valence-electron chi connectivity index (χ3n) is 4.61. The van der Waals surface area contributed by atoms with Gasteiger partial charge in [-0.3, -0.25) is 10.1 Å². The molecule has 0 heterocycles. The van der Waals surface area contributed by atoms with Crippen LogP contribution in [0.2, 0.25) is 0 Å². The molecular weight excluding hydrogens is 346 g/mol. The minimum Gasteiger partial charge on any atom is -0.483 e. The van der Waals surface area contributed by atoms with Gasteiger partial charge in [-0.25, -0.2) is 0 Å². The molecule has 1 aromatic carbocycles. The van der Waals surface area contributed by atoms with Crippen molar-refractivity contribution in [2.75, 3.05) is 0 Å². The van der Waals surface area contributed by atoms with Crippen molar-refractivity contribution < 1.29 is 9.66 Å². The fraction of sp³-hybridized carbons (Fsp3) is 0.571. The van der Waals surface area contributed by atoms with Crippen molar-refractivity contribution in [2.24, 2.45) is 5.41 Å². The highest BCUT2D eigenvalue weighted by molar-refractivity contribution is 9.10. The quantitative estimate of drug-likeness (QED) is 0.447. The highest BCUT2D eigenvalue weighted by Crippen LogP contribution is 2.57. The van der Waals surface area contributed by atoms with Gasteiger partial charge in [0.05, 0.1) is 4.92 Å². The lowest BCUT2D eigenvalue weighted by molar-refractivity contribution is -0.386. The highest BCUT2D eigenvalue weighted by Gasteiger charge is 2.57. The Hall–Kier alpha value is -0.810. The van der Waals surface area contributed by atoms with E-state index < -0.39 is 4.92 Å². The Morgan fingerprint density at radius 2 is 2.10 bits per heavy atom. The van der Waals surface area contributed by atoms with Crippen LogP contribution in [0.1, 0.15) is 32.1 Å². The van der Waals surface area contributed by atoms with E-state index in [0.29, 0.717) is 10.2 Å². The summed E-state index contributed by atoms with van der Waals surface area (Å²) in [4.78, 5) is 10.7. The van der Waals surface area contributed by atoms with Gasteiger partial charge in [-0.1, -0.05) is 28.8 Å². The Morgan fingerprint density at radius 1 is 1.40 bits per heavy atom. The van der Waals surface area contributed by atoms with Crippen molar-refractivity contribution in [3.63, 3.8) is 0 Å². The molecule has 2 aliphatic carbocycles. The summed E-state index contributed by atoms with van der Waals surface area (Å²) in [6.07, 6.45) is 5.25. The van der Waals surface area contributed by atoms with E-state index in [2.05, 4.69) is 15.9 Å². The Kier molecular flexibility index (Phi) is 3.67. The lowest BCUT2D eigenvalue weighted by Gasteiger charge is -2.50. The van der Waals surface area contributed by atoms with Crippen molar-refractivity contribution >= 4 is 33.2 Å². The van der Waals surface area contributed by atoms with Crippen molar-refractivity contribution in [2.45, 2.75) is 43.6 Å². The molecule has 0 N–H and O–H groups in total. The van der Waals surface area contributed by atoms with Gasteiger partial charge in [0.15, 0.2) is 5.75 Å². The van der Waals surface area contributed by atoms with Gasteiger partial charge < -0.3 is 4.74 Å².